The summed E-state index contributed by atoms with van der Waals surface area (Å²) in [5, 5.41) is 9.19. The molecule has 0 saturated carbocycles. The van der Waals surface area contributed by atoms with E-state index in [4.69, 9.17) is 4.74 Å². The van der Waals surface area contributed by atoms with E-state index in [0.29, 0.717) is 25.9 Å². The van der Waals surface area contributed by atoms with Crippen LogP contribution in [0.1, 0.15) is 23.1 Å². The third-order valence-corrected chi connectivity index (χ3v) is 5.93. The summed E-state index contributed by atoms with van der Waals surface area (Å²) in [4.78, 5) is 25.7. The molecular weight excluding hydrogens is 398 g/mol. The number of carbonyl (C=O) groups excluding carboxylic acids is 2. The molecule has 0 saturated heterocycles. The minimum absolute atomic E-state index is 0.136. The molecule has 0 aliphatic carbocycles. The summed E-state index contributed by atoms with van der Waals surface area (Å²) in [6, 6.07) is 14.8. The Labute approximate surface area is 182 Å². The molecule has 2 aromatic rings. The number of ether oxygens (including phenoxy) is 1. The van der Waals surface area contributed by atoms with Crippen LogP contribution in [0.5, 0.6) is 5.75 Å². The molecule has 3 rings (SSSR count). The lowest BCUT2D eigenvalue weighted by molar-refractivity contribution is -0.130. The number of para-hydroxylation sites is 1. The van der Waals surface area contributed by atoms with Gasteiger partial charge in [0, 0.05) is 18.7 Å². The van der Waals surface area contributed by atoms with Crippen LogP contribution in [0.3, 0.4) is 0 Å². The predicted molar refractivity (Wildman–Crippen MR) is 121 cm³/mol. The fraction of sp³-hybridized carbons (Fsp3) is 0.391. The van der Waals surface area contributed by atoms with Gasteiger partial charge in [-0.15, -0.1) is 0 Å². The molecule has 6 nitrogen and oxygen atoms in total. The first-order valence-corrected chi connectivity index (χ1v) is 11.5. The highest BCUT2D eigenvalue weighted by Crippen LogP contribution is 2.18. The minimum Gasteiger partial charge on any atom is -0.496 e. The van der Waals surface area contributed by atoms with Crippen LogP contribution in [0, 0.1) is 0 Å². The number of benzene rings is 2. The molecule has 7 heteroatoms. The molecule has 30 heavy (non-hydrogen) atoms. The highest BCUT2D eigenvalue weighted by molar-refractivity contribution is 7.98. The Balaban J connectivity index is 1.60. The maximum absolute atomic E-state index is 12.9. The molecule has 0 radical (unpaired) electrons. The van der Waals surface area contributed by atoms with Gasteiger partial charge in [-0.05, 0) is 42.0 Å². The lowest BCUT2D eigenvalue weighted by atomic mass is 9.95. The van der Waals surface area contributed by atoms with Gasteiger partial charge in [-0.3, -0.25) is 9.59 Å². The zero-order valence-electron chi connectivity index (χ0n) is 17.4. The Bertz CT molecular complexity index is 874. The molecule has 1 aliphatic rings. The molecule has 0 bridgehead atoms. The fourth-order valence-corrected chi connectivity index (χ4v) is 4.04. The monoisotopic (exact) mass is 427 g/mol. The zero-order valence-corrected chi connectivity index (χ0v) is 18.3. The normalized spacial score (nSPS) is 16.3. The van der Waals surface area contributed by atoms with Crippen LogP contribution in [-0.4, -0.2) is 43.0 Å². The standard InChI is InChI=1S/C23H29N3O3S/c1-29-21-10-6-5-9-18(21)15-25-22(27)19(11-12-30-2)26-23(28)20-13-16-7-3-4-8-17(16)14-24-20/h3-10,19-20,24H,11-15H2,1-2H3,(H,25,27)(H,26,28)/t19-,20+/m0/s1. The SMILES string of the molecule is COc1ccccc1CNC(=O)[C@H](CCSC)NC(=O)[C@H]1Cc2ccccc2CN1. The zero-order chi connectivity index (χ0) is 21.3. The van der Waals surface area contributed by atoms with E-state index in [1.165, 1.54) is 11.1 Å². The Morgan fingerprint density at radius 3 is 2.67 bits per heavy atom. The van der Waals surface area contributed by atoms with E-state index in [1.54, 1.807) is 18.9 Å². The number of fused-ring (bicyclic) bond motifs is 1. The molecule has 0 unspecified atom stereocenters. The number of amides is 2. The van der Waals surface area contributed by atoms with Crippen LogP contribution >= 0.6 is 11.8 Å². The van der Waals surface area contributed by atoms with E-state index < -0.39 is 6.04 Å². The fourth-order valence-electron chi connectivity index (χ4n) is 3.57. The molecule has 0 fully saturated rings. The number of hydrogen-bond donors (Lipinski definition) is 3. The average molecular weight is 428 g/mol. The van der Waals surface area contributed by atoms with Crippen molar-refractivity contribution in [1.29, 1.82) is 0 Å². The highest BCUT2D eigenvalue weighted by Gasteiger charge is 2.28. The van der Waals surface area contributed by atoms with Gasteiger partial charge in [0.05, 0.1) is 13.2 Å². The summed E-state index contributed by atoms with van der Waals surface area (Å²) >= 11 is 1.65. The van der Waals surface area contributed by atoms with Gasteiger partial charge in [0.2, 0.25) is 11.8 Å². The van der Waals surface area contributed by atoms with Crippen LogP contribution in [0.15, 0.2) is 48.5 Å². The van der Waals surface area contributed by atoms with Crippen molar-refractivity contribution in [2.75, 3.05) is 19.1 Å². The number of rotatable bonds is 9. The molecular formula is C23H29N3O3S. The topological polar surface area (TPSA) is 79.5 Å². The molecule has 1 aliphatic heterocycles. The van der Waals surface area contributed by atoms with Crippen molar-refractivity contribution in [3.05, 3.63) is 65.2 Å². The summed E-state index contributed by atoms with van der Waals surface area (Å²) in [6.45, 7) is 1.01. The van der Waals surface area contributed by atoms with Crippen molar-refractivity contribution in [3.8, 4) is 5.75 Å². The smallest absolute Gasteiger partial charge is 0.242 e. The second-order valence-corrected chi connectivity index (χ2v) is 8.26. The van der Waals surface area contributed by atoms with Gasteiger partial charge >= 0.3 is 0 Å². The second-order valence-electron chi connectivity index (χ2n) is 7.28. The van der Waals surface area contributed by atoms with Crippen LogP contribution < -0.4 is 20.7 Å². The van der Waals surface area contributed by atoms with Crippen molar-refractivity contribution in [2.24, 2.45) is 0 Å². The number of thioether (sulfide) groups is 1. The van der Waals surface area contributed by atoms with Gasteiger partial charge in [-0.2, -0.15) is 11.8 Å². The largest absolute Gasteiger partial charge is 0.496 e. The van der Waals surface area contributed by atoms with E-state index in [9.17, 15) is 9.59 Å². The Morgan fingerprint density at radius 2 is 1.90 bits per heavy atom. The van der Waals surface area contributed by atoms with Crippen LogP contribution in [0.2, 0.25) is 0 Å². The summed E-state index contributed by atoms with van der Waals surface area (Å²) in [5.41, 5.74) is 3.29. The first-order valence-electron chi connectivity index (χ1n) is 10.1. The van der Waals surface area contributed by atoms with Gasteiger partial charge in [0.25, 0.3) is 0 Å². The van der Waals surface area contributed by atoms with Gasteiger partial charge in [-0.25, -0.2) is 0 Å². The van der Waals surface area contributed by atoms with E-state index in [-0.39, 0.29) is 17.9 Å². The number of hydrogen-bond acceptors (Lipinski definition) is 5. The summed E-state index contributed by atoms with van der Waals surface area (Å²) in [5.74, 6) is 1.20. The van der Waals surface area contributed by atoms with Crippen molar-refractivity contribution < 1.29 is 14.3 Å². The van der Waals surface area contributed by atoms with Gasteiger partial charge < -0.3 is 20.7 Å². The predicted octanol–water partition coefficient (Wildman–Crippen LogP) is 2.26. The third kappa shape index (κ3) is 5.77. The molecule has 0 spiro atoms. The van der Waals surface area contributed by atoms with E-state index in [0.717, 1.165) is 17.1 Å². The van der Waals surface area contributed by atoms with E-state index in [1.807, 2.05) is 42.7 Å². The molecule has 2 amide bonds. The lowest BCUT2D eigenvalue weighted by Crippen LogP contribution is -2.54. The number of methoxy groups -OCH3 is 1. The average Bonchev–Trinajstić information content (AvgIpc) is 2.79. The van der Waals surface area contributed by atoms with Crippen LogP contribution in [0.4, 0.5) is 0 Å². The first kappa shape index (κ1) is 22.2. The third-order valence-electron chi connectivity index (χ3n) is 5.29. The van der Waals surface area contributed by atoms with Gasteiger partial charge in [0.15, 0.2) is 0 Å². The minimum atomic E-state index is -0.571. The summed E-state index contributed by atoms with van der Waals surface area (Å²) in [7, 11) is 1.61. The number of carbonyl (C=O) groups is 2. The summed E-state index contributed by atoms with van der Waals surface area (Å²) < 4.78 is 5.34. The molecule has 0 aromatic heterocycles. The Kier molecular flexibility index (Phi) is 8.16. The van der Waals surface area contributed by atoms with Gasteiger partial charge in [0.1, 0.15) is 11.8 Å². The maximum Gasteiger partial charge on any atom is 0.242 e. The first-order chi connectivity index (χ1) is 14.6. The van der Waals surface area contributed by atoms with Crippen molar-refractivity contribution in [2.45, 2.75) is 38.0 Å². The molecule has 3 N–H and O–H groups in total. The van der Waals surface area contributed by atoms with Gasteiger partial charge in [-0.1, -0.05) is 42.5 Å². The van der Waals surface area contributed by atoms with Crippen molar-refractivity contribution >= 4 is 23.6 Å². The second kappa shape index (κ2) is 11.0. The molecule has 2 aromatic carbocycles. The molecule has 1 heterocycles. The molecule has 160 valence electrons. The Morgan fingerprint density at radius 1 is 1.17 bits per heavy atom. The number of nitrogens with one attached hydrogen (secondary N) is 3. The maximum atomic E-state index is 12.9. The van der Waals surface area contributed by atoms with E-state index >= 15 is 0 Å². The quantitative estimate of drug-likeness (QED) is 0.572. The molecule has 2 atom stereocenters. The van der Waals surface area contributed by atoms with E-state index in [2.05, 4.69) is 28.1 Å². The lowest BCUT2D eigenvalue weighted by Gasteiger charge is -2.27. The van der Waals surface area contributed by atoms with Crippen LogP contribution in [0.25, 0.3) is 0 Å². The highest BCUT2D eigenvalue weighted by atomic mass is 32.2. The Hall–Kier alpha value is -2.51. The van der Waals surface area contributed by atoms with Crippen molar-refractivity contribution in [1.82, 2.24) is 16.0 Å². The summed E-state index contributed by atoms with van der Waals surface area (Å²) in [6.07, 6.45) is 3.19. The van der Waals surface area contributed by atoms with Crippen molar-refractivity contribution in [3.63, 3.8) is 0 Å². The van der Waals surface area contributed by atoms with Crippen LogP contribution in [-0.2, 0) is 29.1 Å².